The molecule has 182 valence electrons. The summed E-state index contributed by atoms with van der Waals surface area (Å²) in [4.78, 5) is 41.8. The Kier molecular flexibility index (Phi) is 8.17. The van der Waals surface area contributed by atoms with E-state index in [4.69, 9.17) is 9.47 Å². The molecular formula is C24H24N4O7. The third-order valence-corrected chi connectivity index (χ3v) is 4.81. The van der Waals surface area contributed by atoms with Gasteiger partial charge in [0.05, 0.1) is 11.5 Å². The van der Waals surface area contributed by atoms with Gasteiger partial charge in [0, 0.05) is 12.2 Å². The first-order valence-corrected chi connectivity index (χ1v) is 10.7. The molecule has 35 heavy (non-hydrogen) atoms. The number of amides is 1. The highest BCUT2D eigenvalue weighted by atomic mass is 16.6. The number of aromatic hydroxyl groups is 1. The number of H-pyrrole nitrogens is 1. The largest absolute Gasteiger partial charge is 0.490 e. The van der Waals surface area contributed by atoms with E-state index in [1.165, 1.54) is 6.08 Å². The molecule has 0 aliphatic heterocycles. The lowest BCUT2D eigenvalue weighted by Crippen LogP contribution is -2.34. The first-order valence-electron chi connectivity index (χ1n) is 10.7. The summed E-state index contributed by atoms with van der Waals surface area (Å²) in [6.45, 7) is 4.34. The van der Waals surface area contributed by atoms with Crippen molar-refractivity contribution in [1.82, 2.24) is 9.97 Å². The SMILES string of the molecule is CCOc1cc(/C=C/c2nc(O)c([N+](=O)[O-])c(=O)[nH]2)ccc1OCC(=O)N(CC)c1ccccc1. The minimum Gasteiger partial charge on any atom is -0.490 e. The minimum absolute atomic E-state index is 0.0671. The van der Waals surface area contributed by atoms with Crippen LogP contribution in [0.3, 0.4) is 0 Å². The Hall–Kier alpha value is -4.67. The summed E-state index contributed by atoms with van der Waals surface area (Å²) in [5.74, 6) is -0.474. The lowest BCUT2D eigenvalue weighted by molar-refractivity contribution is -0.387. The number of aromatic amines is 1. The summed E-state index contributed by atoms with van der Waals surface area (Å²) in [6, 6.07) is 14.3. The number of nitrogens with one attached hydrogen (secondary N) is 1. The molecule has 3 aromatic rings. The van der Waals surface area contributed by atoms with Gasteiger partial charge in [-0.1, -0.05) is 30.3 Å². The Balaban J connectivity index is 1.76. The van der Waals surface area contributed by atoms with Gasteiger partial charge in [-0.2, -0.15) is 4.98 Å². The van der Waals surface area contributed by atoms with Gasteiger partial charge >= 0.3 is 11.2 Å². The zero-order valence-electron chi connectivity index (χ0n) is 19.1. The van der Waals surface area contributed by atoms with Gasteiger partial charge in [0.15, 0.2) is 18.1 Å². The molecule has 0 saturated heterocycles. The second kappa shape index (κ2) is 11.5. The van der Waals surface area contributed by atoms with Crippen molar-refractivity contribution < 1.29 is 24.3 Å². The second-order valence-electron chi connectivity index (χ2n) is 7.12. The van der Waals surface area contributed by atoms with E-state index >= 15 is 0 Å². The molecule has 0 aliphatic carbocycles. The third kappa shape index (κ3) is 6.22. The van der Waals surface area contributed by atoms with Crippen LogP contribution >= 0.6 is 0 Å². The fraction of sp³-hybridized carbons (Fsp3) is 0.208. The van der Waals surface area contributed by atoms with Gasteiger partial charge in [-0.25, -0.2) is 0 Å². The molecule has 11 nitrogen and oxygen atoms in total. The lowest BCUT2D eigenvalue weighted by Gasteiger charge is -2.21. The molecular weight excluding hydrogens is 456 g/mol. The standard InChI is InChI=1S/C24H24N4O7/c1-3-27(17-8-6-5-7-9-17)21(29)15-35-18-12-10-16(14-19(18)34-4-2)11-13-20-25-23(30)22(28(32)33)24(31)26-20/h5-14H,3-4,15H2,1-2H3,(H2,25,26,30,31)/b13-11+. The molecule has 1 aromatic heterocycles. The fourth-order valence-corrected chi connectivity index (χ4v) is 3.23. The van der Waals surface area contributed by atoms with Crippen LogP contribution in [-0.4, -0.2) is 45.7 Å². The first-order chi connectivity index (χ1) is 16.8. The third-order valence-electron chi connectivity index (χ3n) is 4.81. The normalized spacial score (nSPS) is 10.8. The maximum Gasteiger partial charge on any atom is 0.395 e. The van der Waals surface area contributed by atoms with E-state index in [2.05, 4.69) is 9.97 Å². The molecule has 0 unspecified atom stereocenters. The van der Waals surface area contributed by atoms with E-state index < -0.39 is 22.0 Å². The van der Waals surface area contributed by atoms with Gasteiger partial charge in [-0.15, -0.1) is 0 Å². The highest BCUT2D eigenvalue weighted by Crippen LogP contribution is 2.29. The molecule has 0 bridgehead atoms. The molecule has 0 atom stereocenters. The number of carbonyl (C=O) groups excluding carboxylic acids is 1. The smallest absolute Gasteiger partial charge is 0.395 e. The number of aromatic nitrogens is 2. The summed E-state index contributed by atoms with van der Waals surface area (Å²) < 4.78 is 11.4. The van der Waals surface area contributed by atoms with Crippen molar-refractivity contribution in [3.63, 3.8) is 0 Å². The van der Waals surface area contributed by atoms with Crippen molar-refractivity contribution in [2.45, 2.75) is 13.8 Å². The highest BCUT2D eigenvalue weighted by molar-refractivity contribution is 5.94. The van der Waals surface area contributed by atoms with Crippen LogP contribution in [0.4, 0.5) is 11.4 Å². The molecule has 1 heterocycles. The van der Waals surface area contributed by atoms with E-state index in [-0.39, 0.29) is 18.3 Å². The van der Waals surface area contributed by atoms with E-state index in [1.807, 2.05) is 37.3 Å². The van der Waals surface area contributed by atoms with E-state index in [9.17, 15) is 24.8 Å². The van der Waals surface area contributed by atoms with Crippen LogP contribution in [0.5, 0.6) is 17.4 Å². The van der Waals surface area contributed by atoms with Crippen LogP contribution in [0.1, 0.15) is 25.2 Å². The molecule has 1 amide bonds. The average Bonchev–Trinajstić information content (AvgIpc) is 2.83. The zero-order valence-corrected chi connectivity index (χ0v) is 19.1. The highest BCUT2D eigenvalue weighted by Gasteiger charge is 2.21. The van der Waals surface area contributed by atoms with Crippen LogP contribution in [-0.2, 0) is 4.79 Å². The molecule has 0 fully saturated rings. The van der Waals surface area contributed by atoms with Gasteiger partial charge in [-0.05, 0) is 49.8 Å². The number of hydrogen-bond acceptors (Lipinski definition) is 8. The first kappa shape index (κ1) is 25.0. The van der Waals surface area contributed by atoms with Gasteiger partial charge in [-0.3, -0.25) is 19.7 Å². The Bertz CT molecular complexity index is 1290. The van der Waals surface area contributed by atoms with Gasteiger partial charge in [0.1, 0.15) is 5.82 Å². The number of nitro groups is 1. The molecule has 0 aliphatic rings. The molecule has 2 N–H and O–H groups in total. The quantitative estimate of drug-likeness (QED) is 0.331. The number of nitrogens with zero attached hydrogens (tertiary/aromatic N) is 3. The summed E-state index contributed by atoms with van der Waals surface area (Å²) in [5.41, 5.74) is -0.682. The van der Waals surface area contributed by atoms with Crippen molar-refractivity contribution in [3.8, 4) is 17.4 Å². The predicted octanol–water partition coefficient (Wildman–Crippen LogP) is 3.38. The molecule has 2 aromatic carbocycles. The number of rotatable bonds is 10. The number of para-hydroxylation sites is 1. The van der Waals surface area contributed by atoms with Gasteiger partial charge in [0.2, 0.25) is 0 Å². The van der Waals surface area contributed by atoms with Crippen LogP contribution in [0.25, 0.3) is 12.2 Å². The molecule has 0 spiro atoms. The number of ether oxygens (including phenoxy) is 2. The van der Waals surface area contributed by atoms with Crippen molar-refractivity contribution in [2.75, 3.05) is 24.7 Å². The monoisotopic (exact) mass is 480 g/mol. The Morgan fingerprint density at radius 3 is 2.51 bits per heavy atom. The number of hydrogen-bond donors (Lipinski definition) is 2. The Morgan fingerprint density at radius 1 is 1.14 bits per heavy atom. The molecule has 11 heteroatoms. The molecule has 0 radical (unpaired) electrons. The minimum atomic E-state index is -1.07. The Labute approximate surface area is 200 Å². The fourth-order valence-electron chi connectivity index (χ4n) is 3.23. The number of anilines is 1. The van der Waals surface area contributed by atoms with Crippen LogP contribution in [0.15, 0.2) is 53.3 Å². The maximum atomic E-state index is 12.7. The number of benzene rings is 2. The van der Waals surface area contributed by atoms with Gasteiger partial charge in [0.25, 0.3) is 11.8 Å². The lowest BCUT2D eigenvalue weighted by atomic mass is 10.2. The summed E-state index contributed by atoms with van der Waals surface area (Å²) >= 11 is 0. The van der Waals surface area contributed by atoms with Crippen molar-refractivity contribution in [2.24, 2.45) is 0 Å². The van der Waals surface area contributed by atoms with Crippen LogP contribution in [0, 0.1) is 10.1 Å². The van der Waals surface area contributed by atoms with Crippen LogP contribution in [0.2, 0.25) is 0 Å². The predicted molar refractivity (Wildman–Crippen MR) is 130 cm³/mol. The van der Waals surface area contributed by atoms with Crippen molar-refractivity contribution in [1.29, 1.82) is 0 Å². The average molecular weight is 480 g/mol. The topological polar surface area (TPSA) is 148 Å². The number of carbonyl (C=O) groups is 1. The van der Waals surface area contributed by atoms with E-state index in [1.54, 1.807) is 36.1 Å². The summed E-state index contributed by atoms with van der Waals surface area (Å²) in [5, 5.41) is 20.5. The molecule has 3 rings (SSSR count). The van der Waals surface area contributed by atoms with Crippen LogP contribution < -0.4 is 19.9 Å². The maximum absolute atomic E-state index is 12.7. The number of likely N-dealkylation sites (N-methyl/N-ethyl adjacent to an activating group) is 1. The van der Waals surface area contributed by atoms with E-state index in [0.29, 0.717) is 30.2 Å². The van der Waals surface area contributed by atoms with E-state index in [0.717, 1.165) is 5.69 Å². The van der Waals surface area contributed by atoms with Gasteiger partial charge < -0.3 is 24.5 Å². The zero-order chi connectivity index (χ0) is 25.4. The van der Waals surface area contributed by atoms with Crippen molar-refractivity contribution in [3.05, 3.63) is 80.4 Å². The Morgan fingerprint density at radius 2 is 1.89 bits per heavy atom. The second-order valence-corrected chi connectivity index (χ2v) is 7.12. The van der Waals surface area contributed by atoms with Crippen molar-refractivity contribution >= 4 is 29.4 Å². The summed E-state index contributed by atoms with van der Waals surface area (Å²) in [7, 11) is 0. The molecule has 0 saturated carbocycles. The summed E-state index contributed by atoms with van der Waals surface area (Å²) in [6.07, 6.45) is 2.94.